The summed E-state index contributed by atoms with van der Waals surface area (Å²) in [7, 11) is -3.31. The van der Waals surface area contributed by atoms with E-state index in [1.54, 1.807) is 0 Å². The molecule has 7 nitrogen and oxygen atoms in total. The van der Waals surface area contributed by atoms with Gasteiger partial charge in [0.05, 0.1) is 0 Å². The summed E-state index contributed by atoms with van der Waals surface area (Å²) in [4.78, 5) is 0. The van der Waals surface area contributed by atoms with E-state index < -0.39 is 7.14 Å². The molecule has 0 N–H and O–H groups in total. The first kappa shape index (κ1) is 45.2. The van der Waals surface area contributed by atoms with Crippen molar-refractivity contribution in [3.63, 3.8) is 0 Å². The minimum absolute atomic E-state index is 0.272. The topological polar surface area (TPSA) is 72.5 Å². The van der Waals surface area contributed by atoms with Gasteiger partial charge >= 0.3 is 0 Å². The van der Waals surface area contributed by atoms with Crippen molar-refractivity contribution in [1.29, 1.82) is 0 Å². The fourth-order valence-corrected chi connectivity index (χ4v) is 10.3. The van der Waals surface area contributed by atoms with Crippen molar-refractivity contribution in [2.75, 3.05) is 0 Å². The lowest BCUT2D eigenvalue weighted by atomic mass is 10.2. The quantitative estimate of drug-likeness (QED) is 0.0665. The molecule has 338 valence electrons. The molecule has 0 atom stereocenters. The highest BCUT2D eigenvalue weighted by Gasteiger charge is 2.30. The molecule has 0 amide bonds. The van der Waals surface area contributed by atoms with Gasteiger partial charge in [0, 0.05) is 28.0 Å². The van der Waals surface area contributed by atoms with Gasteiger partial charge in [0.2, 0.25) is 0 Å². The molecule has 0 aromatic heterocycles. The summed E-state index contributed by atoms with van der Waals surface area (Å²) >= 11 is 0. The number of ether oxygens (including phenoxy) is 6. The standard InChI is InChI=1S/C60H51O7P/c61-68(58-24-14-5-15-25-58,59-30-26-52(27-31-59)62-44-50-34-54(64-40-46-16-6-1-7-17-46)38-55(35-50)65-41-47-18-8-2-9-19-47)60-32-28-53(29-33-60)63-45-51-36-56(66-42-48-20-10-3-11-21-48)39-57(37-51)67-43-49-22-12-4-13-23-49/h1-39H,40-45H2. The second kappa shape index (κ2) is 22.5. The molecule has 0 fully saturated rings. The van der Waals surface area contributed by atoms with Crippen LogP contribution in [-0.2, 0) is 44.2 Å². The van der Waals surface area contributed by atoms with E-state index in [9.17, 15) is 0 Å². The van der Waals surface area contributed by atoms with Gasteiger partial charge in [-0.15, -0.1) is 0 Å². The highest BCUT2D eigenvalue weighted by molar-refractivity contribution is 7.85. The molecule has 0 aliphatic heterocycles. The second-order valence-corrected chi connectivity index (χ2v) is 19.0. The Morgan fingerprint density at radius 3 is 0.765 bits per heavy atom. The second-order valence-electron chi connectivity index (χ2n) is 16.2. The first-order valence-corrected chi connectivity index (χ1v) is 24.3. The van der Waals surface area contributed by atoms with Gasteiger partial charge in [-0.25, -0.2) is 0 Å². The third-order valence-corrected chi connectivity index (χ3v) is 14.3. The van der Waals surface area contributed by atoms with E-state index in [4.69, 9.17) is 28.4 Å². The van der Waals surface area contributed by atoms with Gasteiger partial charge in [-0.3, -0.25) is 0 Å². The molecule has 9 aromatic rings. The lowest BCUT2D eigenvalue weighted by molar-refractivity contribution is 0.281. The molecule has 68 heavy (non-hydrogen) atoms. The van der Waals surface area contributed by atoms with Crippen molar-refractivity contribution in [2.45, 2.75) is 39.6 Å². The Bertz CT molecular complexity index is 2700. The molecule has 0 spiro atoms. The van der Waals surface area contributed by atoms with Crippen molar-refractivity contribution in [2.24, 2.45) is 0 Å². The normalized spacial score (nSPS) is 11.1. The molecule has 0 aliphatic rings. The minimum atomic E-state index is -3.31. The molecular formula is C60H51O7P. The van der Waals surface area contributed by atoms with Crippen LogP contribution in [0.1, 0.15) is 33.4 Å². The van der Waals surface area contributed by atoms with Gasteiger partial charge in [-0.05, 0) is 106 Å². The van der Waals surface area contributed by atoms with E-state index in [-0.39, 0.29) is 13.2 Å². The number of rotatable bonds is 21. The Labute approximate surface area is 398 Å². The predicted octanol–water partition coefficient (Wildman–Crippen LogP) is 12.8. The fourth-order valence-electron chi connectivity index (χ4n) is 7.65. The smallest absolute Gasteiger partial charge is 0.171 e. The molecule has 0 saturated carbocycles. The van der Waals surface area contributed by atoms with Crippen LogP contribution in [0.2, 0.25) is 0 Å². The van der Waals surface area contributed by atoms with Crippen LogP contribution in [0.15, 0.2) is 237 Å². The van der Waals surface area contributed by atoms with Gasteiger partial charge in [0.25, 0.3) is 0 Å². The van der Waals surface area contributed by atoms with E-state index in [0.717, 1.165) is 38.7 Å². The third-order valence-electron chi connectivity index (χ3n) is 11.2. The summed E-state index contributed by atoms with van der Waals surface area (Å²) in [5.41, 5.74) is 6.06. The highest BCUT2D eigenvalue weighted by Crippen LogP contribution is 2.43. The predicted molar refractivity (Wildman–Crippen MR) is 270 cm³/mol. The molecule has 8 heteroatoms. The van der Waals surface area contributed by atoms with Gasteiger partial charge in [0.15, 0.2) is 7.14 Å². The molecule has 0 radical (unpaired) electrons. The van der Waals surface area contributed by atoms with Gasteiger partial charge in [-0.1, -0.05) is 152 Å². The van der Waals surface area contributed by atoms with E-state index in [1.807, 2.05) is 237 Å². The van der Waals surface area contributed by atoms with E-state index >= 15 is 4.57 Å². The molecule has 9 aromatic carbocycles. The lowest BCUT2D eigenvalue weighted by Crippen LogP contribution is -2.25. The monoisotopic (exact) mass is 914 g/mol. The van der Waals surface area contributed by atoms with Gasteiger partial charge in [-0.2, -0.15) is 0 Å². The molecule has 0 aliphatic carbocycles. The maximum Gasteiger partial charge on any atom is 0.171 e. The van der Waals surface area contributed by atoms with Crippen molar-refractivity contribution in [1.82, 2.24) is 0 Å². The van der Waals surface area contributed by atoms with Crippen LogP contribution in [0.4, 0.5) is 0 Å². The summed E-state index contributed by atoms with van der Waals surface area (Å²) in [6.45, 7) is 2.25. The Morgan fingerprint density at radius 2 is 0.471 bits per heavy atom. The number of hydrogen-bond donors (Lipinski definition) is 0. The van der Waals surface area contributed by atoms with Crippen LogP contribution in [0.3, 0.4) is 0 Å². The summed E-state index contributed by atoms with van der Waals surface area (Å²) < 4.78 is 53.0. The highest BCUT2D eigenvalue weighted by atomic mass is 31.2. The Balaban J connectivity index is 0.890. The summed E-state index contributed by atoms with van der Waals surface area (Å²) in [6, 6.07) is 76.6. The van der Waals surface area contributed by atoms with E-state index in [1.165, 1.54) is 0 Å². The van der Waals surface area contributed by atoms with Crippen molar-refractivity contribution >= 4 is 23.1 Å². The summed E-state index contributed by atoms with van der Waals surface area (Å²) in [5.74, 6) is 4.02. The zero-order valence-electron chi connectivity index (χ0n) is 37.6. The molecule has 9 rings (SSSR count). The van der Waals surface area contributed by atoms with E-state index in [2.05, 4.69) is 0 Å². The zero-order chi connectivity index (χ0) is 46.2. The van der Waals surface area contributed by atoms with Crippen molar-refractivity contribution in [3.05, 3.63) is 270 Å². The fraction of sp³-hybridized carbons (Fsp3) is 0.100. The lowest BCUT2D eigenvalue weighted by Gasteiger charge is -2.21. The van der Waals surface area contributed by atoms with Crippen LogP contribution in [0.5, 0.6) is 34.5 Å². The molecule has 0 bridgehead atoms. The maximum atomic E-state index is 15.5. The Morgan fingerprint density at radius 1 is 0.235 bits per heavy atom. The van der Waals surface area contributed by atoms with Crippen LogP contribution in [0.25, 0.3) is 0 Å². The van der Waals surface area contributed by atoms with Gasteiger partial charge < -0.3 is 33.0 Å². The molecule has 0 unspecified atom stereocenters. The van der Waals surface area contributed by atoms with Crippen LogP contribution < -0.4 is 44.3 Å². The largest absolute Gasteiger partial charge is 0.489 e. The Hall–Kier alpha value is -7.99. The average Bonchev–Trinajstić information content (AvgIpc) is 3.41. The first-order chi connectivity index (χ1) is 33.5. The first-order valence-electron chi connectivity index (χ1n) is 22.6. The summed E-state index contributed by atoms with van der Waals surface area (Å²) in [5, 5.41) is 2.11. The Kier molecular flexibility index (Phi) is 14.9. The van der Waals surface area contributed by atoms with E-state index in [0.29, 0.717) is 71.5 Å². The SMILES string of the molecule is O=P(c1ccccc1)(c1ccc(OCc2cc(OCc3ccccc3)cc(OCc3ccccc3)c2)cc1)c1ccc(OCc2cc(OCc3ccccc3)cc(OCc3ccccc3)c2)cc1. The third kappa shape index (κ3) is 12.3. The van der Waals surface area contributed by atoms with Crippen molar-refractivity contribution in [3.8, 4) is 34.5 Å². The van der Waals surface area contributed by atoms with Crippen LogP contribution in [-0.4, -0.2) is 0 Å². The summed E-state index contributed by atoms with van der Waals surface area (Å²) in [6.07, 6.45) is 0. The number of benzene rings is 9. The molecule has 0 heterocycles. The average molecular weight is 915 g/mol. The number of hydrogen-bond acceptors (Lipinski definition) is 7. The zero-order valence-corrected chi connectivity index (χ0v) is 38.5. The van der Waals surface area contributed by atoms with Crippen molar-refractivity contribution < 1.29 is 33.0 Å². The molecule has 0 saturated heterocycles. The maximum absolute atomic E-state index is 15.5. The van der Waals surface area contributed by atoms with Crippen LogP contribution >= 0.6 is 7.14 Å². The molecular weight excluding hydrogens is 864 g/mol. The van der Waals surface area contributed by atoms with Crippen LogP contribution in [0, 0.1) is 0 Å². The minimum Gasteiger partial charge on any atom is -0.489 e. The van der Waals surface area contributed by atoms with Gasteiger partial charge in [0.1, 0.15) is 74.1 Å².